The third-order valence-electron chi connectivity index (χ3n) is 5.52. The van der Waals surface area contributed by atoms with E-state index in [2.05, 4.69) is 17.2 Å². The van der Waals surface area contributed by atoms with E-state index in [1.165, 1.54) is 19.3 Å². The van der Waals surface area contributed by atoms with Crippen molar-refractivity contribution < 1.29 is 0 Å². The zero-order valence-electron chi connectivity index (χ0n) is 16.3. The molecule has 0 saturated carbocycles. The molecule has 152 valence electrons. The number of aromatic nitrogens is 1. The van der Waals surface area contributed by atoms with Gasteiger partial charge in [-0.3, -0.25) is 15.5 Å². The van der Waals surface area contributed by atoms with Crippen LogP contribution in [0.5, 0.6) is 0 Å². The largest absolute Gasteiger partial charge is 0.324 e. The van der Waals surface area contributed by atoms with E-state index in [0.29, 0.717) is 30.6 Å². The molecule has 1 aromatic heterocycles. The van der Waals surface area contributed by atoms with E-state index in [9.17, 15) is 4.79 Å². The van der Waals surface area contributed by atoms with Gasteiger partial charge < -0.3 is 9.99 Å². The molecule has 2 aromatic rings. The first-order valence-corrected chi connectivity index (χ1v) is 10.7. The van der Waals surface area contributed by atoms with Crippen LogP contribution in [0.1, 0.15) is 43.9 Å². The van der Waals surface area contributed by atoms with Gasteiger partial charge in [-0.1, -0.05) is 48.7 Å². The number of hydrogen-bond donors (Lipinski definition) is 2. The van der Waals surface area contributed by atoms with Gasteiger partial charge in [0.25, 0.3) is 5.56 Å². The SMILES string of the molecule is CCC[C@H]1CCCN1Cc1c(Cl)cc(Cl)c(=O)n1CCc1ccc(NN)cc1. The minimum absolute atomic E-state index is 0.169. The van der Waals surface area contributed by atoms with Crippen LogP contribution < -0.4 is 16.8 Å². The van der Waals surface area contributed by atoms with Crippen molar-refractivity contribution in [1.29, 1.82) is 0 Å². The highest BCUT2D eigenvalue weighted by atomic mass is 35.5. The normalized spacial score (nSPS) is 17.2. The Hall–Kier alpha value is -1.53. The third kappa shape index (κ3) is 4.90. The maximum atomic E-state index is 12.8. The summed E-state index contributed by atoms with van der Waals surface area (Å²) in [6, 6.07) is 10.0. The van der Waals surface area contributed by atoms with E-state index in [-0.39, 0.29) is 10.6 Å². The average Bonchev–Trinajstić information content (AvgIpc) is 3.13. The predicted octanol–water partition coefficient (Wildman–Crippen LogP) is 4.45. The lowest BCUT2D eigenvalue weighted by atomic mass is 10.1. The van der Waals surface area contributed by atoms with Gasteiger partial charge in [-0.05, 0) is 56.0 Å². The quantitative estimate of drug-likeness (QED) is 0.487. The molecule has 28 heavy (non-hydrogen) atoms. The molecule has 0 amide bonds. The van der Waals surface area contributed by atoms with Crippen molar-refractivity contribution in [1.82, 2.24) is 9.47 Å². The van der Waals surface area contributed by atoms with Crippen molar-refractivity contribution in [2.75, 3.05) is 12.0 Å². The summed E-state index contributed by atoms with van der Waals surface area (Å²) in [7, 11) is 0. The number of pyridine rings is 1. The number of likely N-dealkylation sites (tertiary alicyclic amines) is 1. The van der Waals surface area contributed by atoms with Crippen LogP contribution in [0.25, 0.3) is 0 Å². The molecule has 1 aliphatic rings. The number of nitrogen functional groups attached to an aromatic ring is 1. The molecule has 0 unspecified atom stereocenters. The summed E-state index contributed by atoms with van der Waals surface area (Å²) in [5.74, 6) is 5.42. The number of benzene rings is 1. The molecular formula is C21H28Cl2N4O. The Morgan fingerprint density at radius 2 is 1.96 bits per heavy atom. The number of hydrazine groups is 1. The summed E-state index contributed by atoms with van der Waals surface area (Å²) in [6.45, 7) is 4.49. The summed E-state index contributed by atoms with van der Waals surface area (Å²) in [6.07, 6.45) is 5.46. The van der Waals surface area contributed by atoms with Gasteiger partial charge in [-0.25, -0.2) is 0 Å². The molecule has 1 atom stereocenters. The Morgan fingerprint density at radius 3 is 2.64 bits per heavy atom. The van der Waals surface area contributed by atoms with E-state index < -0.39 is 0 Å². The molecule has 1 fully saturated rings. The number of anilines is 1. The van der Waals surface area contributed by atoms with Gasteiger partial charge in [0, 0.05) is 24.8 Å². The molecule has 5 nitrogen and oxygen atoms in total. The monoisotopic (exact) mass is 422 g/mol. The van der Waals surface area contributed by atoms with Crippen molar-refractivity contribution in [2.45, 2.75) is 58.2 Å². The summed E-state index contributed by atoms with van der Waals surface area (Å²) in [5, 5.41) is 0.734. The number of aryl methyl sites for hydroxylation is 1. The van der Waals surface area contributed by atoms with Crippen molar-refractivity contribution in [3.05, 3.63) is 62.0 Å². The highest BCUT2D eigenvalue weighted by molar-refractivity contribution is 6.34. The molecule has 3 N–H and O–H groups in total. The van der Waals surface area contributed by atoms with Crippen LogP contribution in [-0.2, 0) is 19.5 Å². The molecular weight excluding hydrogens is 395 g/mol. The van der Waals surface area contributed by atoms with Crippen LogP contribution in [0.2, 0.25) is 10.0 Å². The summed E-state index contributed by atoms with van der Waals surface area (Å²) >= 11 is 12.7. The Kier molecular flexibility index (Phi) is 7.41. The summed E-state index contributed by atoms with van der Waals surface area (Å²) < 4.78 is 1.75. The zero-order chi connectivity index (χ0) is 20.1. The van der Waals surface area contributed by atoms with E-state index in [1.807, 2.05) is 24.3 Å². The fourth-order valence-corrected chi connectivity index (χ4v) is 4.54. The third-order valence-corrected chi connectivity index (χ3v) is 6.12. The van der Waals surface area contributed by atoms with Gasteiger partial charge in [-0.2, -0.15) is 0 Å². The fourth-order valence-electron chi connectivity index (χ4n) is 4.00. The number of rotatable bonds is 8. The lowest BCUT2D eigenvalue weighted by molar-refractivity contribution is 0.227. The van der Waals surface area contributed by atoms with Gasteiger partial charge in [0.2, 0.25) is 0 Å². The highest BCUT2D eigenvalue weighted by Crippen LogP contribution is 2.27. The topological polar surface area (TPSA) is 63.3 Å². The summed E-state index contributed by atoms with van der Waals surface area (Å²) in [5.41, 5.74) is 5.28. The minimum atomic E-state index is -0.174. The smallest absolute Gasteiger partial charge is 0.269 e. The van der Waals surface area contributed by atoms with E-state index in [0.717, 1.165) is 29.9 Å². The van der Waals surface area contributed by atoms with Crippen molar-refractivity contribution in [2.24, 2.45) is 5.84 Å². The molecule has 1 aliphatic heterocycles. The lowest BCUT2D eigenvalue weighted by Gasteiger charge is -2.26. The maximum Gasteiger partial charge on any atom is 0.269 e. The maximum absolute atomic E-state index is 12.8. The van der Waals surface area contributed by atoms with Gasteiger partial charge in [0.15, 0.2) is 0 Å². The predicted molar refractivity (Wildman–Crippen MR) is 117 cm³/mol. The Bertz CT molecular complexity index is 851. The molecule has 0 aliphatic carbocycles. The van der Waals surface area contributed by atoms with Crippen LogP contribution in [0, 0.1) is 0 Å². The van der Waals surface area contributed by atoms with Crippen LogP contribution in [0.4, 0.5) is 5.69 Å². The average molecular weight is 423 g/mol. The number of nitrogens with two attached hydrogens (primary N) is 1. The fraction of sp³-hybridized carbons (Fsp3) is 0.476. The van der Waals surface area contributed by atoms with Crippen LogP contribution in [0.15, 0.2) is 35.1 Å². The molecule has 0 bridgehead atoms. The van der Waals surface area contributed by atoms with E-state index in [4.69, 9.17) is 29.0 Å². The van der Waals surface area contributed by atoms with Gasteiger partial charge in [-0.15, -0.1) is 0 Å². The first kappa shape index (κ1) is 21.2. The zero-order valence-corrected chi connectivity index (χ0v) is 17.8. The minimum Gasteiger partial charge on any atom is -0.324 e. The van der Waals surface area contributed by atoms with Crippen molar-refractivity contribution in [3.63, 3.8) is 0 Å². The van der Waals surface area contributed by atoms with Crippen LogP contribution >= 0.6 is 23.2 Å². The molecule has 0 radical (unpaired) electrons. The molecule has 7 heteroatoms. The Morgan fingerprint density at radius 1 is 1.21 bits per heavy atom. The first-order chi connectivity index (χ1) is 13.5. The van der Waals surface area contributed by atoms with Crippen molar-refractivity contribution >= 4 is 28.9 Å². The number of nitrogens with zero attached hydrogens (tertiary/aromatic N) is 2. The Balaban J connectivity index is 1.83. The summed E-state index contributed by atoms with van der Waals surface area (Å²) in [4.78, 5) is 15.2. The number of hydrogen-bond acceptors (Lipinski definition) is 4. The molecule has 1 aromatic carbocycles. The van der Waals surface area contributed by atoms with Crippen LogP contribution in [0.3, 0.4) is 0 Å². The van der Waals surface area contributed by atoms with Crippen LogP contribution in [-0.4, -0.2) is 22.1 Å². The second-order valence-electron chi connectivity index (χ2n) is 7.39. The van der Waals surface area contributed by atoms with Crippen molar-refractivity contribution in [3.8, 4) is 0 Å². The van der Waals surface area contributed by atoms with Gasteiger partial charge >= 0.3 is 0 Å². The Labute approximate surface area is 176 Å². The molecule has 0 spiro atoms. The second kappa shape index (κ2) is 9.79. The number of halogens is 2. The lowest BCUT2D eigenvalue weighted by Crippen LogP contribution is -2.33. The van der Waals surface area contributed by atoms with E-state index >= 15 is 0 Å². The second-order valence-corrected chi connectivity index (χ2v) is 8.20. The first-order valence-electron chi connectivity index (χ1n) is 9.90. The van der Waals surface area contributed by atoms with E-state index in [1.54, 1.807) is 10.6 Å². The highest BCUT2D eigenvalue weighted by Gasteiger charge is 2.26. The standard InChI is InChI=1S/C21H28Cl2N4O/c1-2-4-17-5-3-11-26(17)14-20-18(22)13-19(23)21(28)27(20)12-10-15-6-8-16(25-24)9-7-15/h6-9,13,17,25H,2-5,10-12,14,24H2,1H3/t17-/m0/s1. The molecule has 3 rings (SSSR count). The number of nitrogens with one attached hydrogen (secondary N) is 1. The molecule has 1 saturated heterocycles. The van der Waals surface area contributed by atoms with Gasteiger partial charge in [0.1, 0.15) is 5.02 Å². The van der Waals surface area contributed by atoms with Gasteiger partial charge in [0.05, 0.1) is 10.7 Å². The molecule has 2 heterocycles.